The van der Waals surface area contributed by atoms with E-state index in [4.69, 9.17) is 5.11 Å². The van der Waals surface area contributed by atoms with E-state index in [1.165, 1.54) is 0 Å². The second-order valence-corrected chi connectivity index (χ2v) is 5.76. The van der Waals surface area contributed by atoms with Gasteiger partial charge in [0.05, 0.1) is 17.5 Å². The van der Waals surface area contributed by atoms with Crippen molar-refractivity contribution in [1.82, 2.24) is 0 Å². The molecule has 0 aliphatic carbocycles. The second-order valence-electron chi connectivity index (χ2n) is 5.76. The lowest BCUT2D eigenvalue weighted by Gasteiger charge is -2.12. The molecule has 0 fully saturated rings. The minimum atomic E-state index is -0.703. The third-order valence-electron chi connectivity index (χ3n) is 2.49. The molecule has 100 valence electrons. The summed E-state index contributed by atoms with van der Waals surface area (Å²) in [6.07, 6.45) is 3.69. The van der Waals surface area contributed by atoms with Crippen LogP contribution in [0.2, 0.25) is 0 Å². The van der Waals surface area contributed by atoms with Gasteiger partial charge in [0.25, 0.3) is 0 Å². The Kier molecular flexibility index (Phi) is 7.00. The zero-order chi connectivity index (χ0) is 13.5. The van der Waals surface area contributed by atoms with Crippen molar-refractivity contribution in [3.8, 4) is 0 Å². The molecule has 4 heteroatoms. The lowest BCUT2D eigenvalue weighted by Crippen LogP contribution is -2.10. The van der Waals surface area contributed by atoms with Gasteiger partial charge in [-0.05, 0) is 40.5 Å². The molecule has 0 saturated heterocycles. The normalized spacial score (nSPS) is 16.1. The first kappa shape index (κ1) is 16.1. The van der Waals surface area contributed by atoms with Gasteiger partial charge in [-0.2, -0.15) is 10.2 Å². The van der Waals surface area contributed by atoms with Crippen LogP contribution in [0.5, 0.6) is 0 Å². The van der Waals surface area contributed by atoms with Crippen molar-refractivity contribution in [2.45, 2.75) is 71.9 Å². The number of unbranched alkanes of at least 4 members (excludes halogenated alkanes) is 1. The summed E-state index contributed by atoms with van der Waals surface area (Å²) >= 11 is 0. The summed E-state index contributed by atoms with van der Waals surface area (Å²) in [5, 5.41) is 17.2. The van der Waals surface area contributed by atoms with Crippen molar-refractivity contribution in [2.24, 2.45) is 16.1 Å². The van der Waals surface area contributed by atoms with E-state index in [0.29, 0.717) is 0 Å². The molecule has 1 N–H and O–H groups in total. The highest BCUT2D eigenvalue weighted by Crippen LogP contribution is 2.14. The summed E-state index contributed by atoms with van der Waals surface area (Å²) in [4.78, 5) is 10.6. The maximum absolute atomic E-state index is 10.6. The molecule has 0 aromatic heterocycles. The third-order valence-corrected chi connectivity index (χ3v) is 2.49. The fourth-order valence-corrected chi connectivity index (χ4v) is 1.34. The van der Waals surface area contributed by atoms with Crippen molar-refractivity contribution in [3.63, 3.8) is 0 Å². The molecule has 17 heavy (non-hydrogen) atoms. The molecule has 0 aliphatic heterocycles. The Morgan fingerprint density at radius 1 is 1.18 bits per heavy atom. The molecule has 0 aliphatic rings. The van der Waals surface area contributed by atoms with Gasteiger partial charge >= 0.3 is 5.97 Å². The highest BCUT2D eigenvalue weighted by molar-refractivity contribution is 5.69. The van der Waals surface area contributed by atoms with Gasteiger partial charge in [-0.3, -0.25) is 4.79 Å². The van der Waals surface area contributed by atoms with Crippen LogP contribution in [0.25, 0.3) is 0 Å². The standard InChI is InChI=1S/C13H26N2O2/c1-10(12(16)17)8-6-7-9-11(2)14-15-13(3,4)5/h10-11H,6-9H2,1-5H3,(H,16,17). The second kappa shape index (κ2) is 7.41. The van der Waals surface area contributed by atoms with Gasteiger partial charge in [-0.25, -0.2) is 0 Å². The van der Waals surface area contributed by atoms with E-state index in [1.807, 2.05) is 20.8 Å². The quantitative estimate of drug-likeness (QED) is 0.543. The van der Waals surface area contributed by atoms with Crippen LogP contribution in [-0.4, -0.2) is 22.7 Å². The zero-order valence-corrected chi connectivity index (χ0v) is 11.7. The molecule has 0 aromatic rings. The van der Waals surface area contributed by atoms with Gasteiger partial charge in [-0.1, -0.05) is 19.8 Å². The number of nitrogens with zero attached hydrogens (tertiary/aromatic N) is 2. The fraction of sp³-hybridized carbons (Fsp3) is 0.923. The molecular weight excluding hydrogens is 216 g/mol. The Morgan fingerprint density at radius 3 is 2.18 bits per heavy atom. The number of azo groups is 1. The van der Waals surface area contributed by atoms with E-state index in [1.54, 1.807) is 6.92 Å². The molecule has 0 radical (unpaired) electrons. The Hall–Kier alpha value is -0.930. The van der Waals surface area contributed by atoms with Gasteiger partial charge in [0.1, 0.15) is 0 Å². The summed E-state index contributed by atoms with van der Waals surface area (Å²) in [7, 11) is 0. The SMILES string of the molecule is CC(CCCCC(C)C(=O)O)N=NC(C)(C)C. The van der Waals surface area contributed by atoms with E-state index in [0.717, 1.165) is 25.7 Å². The molecule has 0 amide bonds. The van der Waals surface area contributed by atoms with Crippen molar-refractivity contribution >= 4 is 5.97 Å². The average molecular weight is 242 g/mol. The predicted molar refractivity (Wildman–Crippen MR) is 69.3 cm³/mol. The Labute approximate surface area is 105 Å². The van der Waals surface area contributed by atoms with Crippen molar-refractivity contribution in [3.05, 3.63) is 0 Å². The van der Waals surface area contributed by atoms with Crippen molar-refractivity contribution < 1.29 is 9.90 Å². The van der Waals surface area contributed by atoms with E-state index in [2.05, 4.69) is 17.2 Å². The van der Waals surface area contributed by atoms with Crippen LogP contribution in [0, 0.1) is 5.92 Å². The summed E-state index contributed by atoms with van der Waals surface area (Å²) < 4.78 is 0. The van der Waals surface area contributed by atoms with Crippen molar-refractivity contribution in [1.29, 1.82) is 0 Å². The maximum Gasteiger partial charge on any atom is 0.306 e. The van der Waals surface area contributed by atoms with Crippen LogP contribution in [0.15, 0.2) is 10.2 Å². The molecular formula is C13H26N2O2. The zero-order valence-electron chi connectivity index (χ0n) is 11.7. The number of hydrogen-bond donors (Lipinski definition) is 1. The molecule has 0 aromatic carbocycles. The van der Waals surface area contributed by atoms with E-state index >= 15 is 0 Å². The van der Waals surface area contributed by atoms with E-state index in [-0.39, 0.29) is 17.5 Å². The monoisotopic (exact) mass is 242 g/mol. The Bertz CT molecular complexity index is 257. The highest BCUT2D eigenvalue weighted by Gasteiger charge is 2.11. The predicted octanol–water partition coefficient (Wildman–Crippen LogP) is 3.91. The minimum absolute atomic E-state index is 0.105. The first-order chi connectivity index (χ1) is 7.72. The van der Waals surface area contributed by atoms with Crippen LogP contribution in [0.4, 0.5) is 0 Å². The van der Waals surface area contributed by atoms with Crippen LogP contribution >= 0.6 is 0 Å². The molecule has 0 bridgehead atoms. The molecule has 4 nitrogen and oxygen atoms in total. The number of carboxylic acid groups (broad SMARTS) is 1. The number of carbonyl (C=O) groups is 1. The molecule has 0 rings (SSSR count). The first-order valence-electron chi connectivity index (χ1n) is 6.37. The third kappa shape index (κ3) is 9.97. The van der Waals surface area contributed by atoms with Gasteiger partial charge in [0.2, 0.25) is 0 Å². The number of aliphatic carboxylic acids is 1. The Morgan fingerprint density at radius 2 is 1.71 bits per heavy atom. The molecule has 0 heterocycles. The number of hydrogen-bond acceptors (Lipinski definition) is 3. The van der Waals surface area contributed by atoms with Gasteiger partial charge < -0.3 is 5.11 Å². The van der Waals surface area contributed by atoms with Crippen LogP contribution in [0.1, 0.15) is 60.3 Å². The smallest absolute Gasteiger partial charge is 0.306 e. The maximum atomic E-state index is 10.6. The molecule has 2 atom stereocenters. The summed E-state index contributed by atoms with van der Waals surface area (Å²) in [6.45, 7) is 9.88. The summed E-state index contributed by atoms with van der Waals surface area (Å²) in [5.41, 5.74) is -0.105. The van der Waals surface area contributed by atoms with Crippen LogP contribution in [-0.2, 0) is 4.79 Å². The average Bonchev–Trinajstić information content (AvgIpc) is 2.20. The largest absolute Gasteiger partial charge is 0.481 e. The molecule has 2 unspecified atom stereocenters. The lowest BCUT2D eigenvalue weighted by atomic mass is 10.0. The van der Waals surface area contributed by atoms with Crippen LogP contribution in [0.3, 0.4) is 0 Å². The highest BCUT2D eigenvalue weighted by atomic mass is 16.4. The van der Waals surface area contributed by atoms with Gasteiger partial charge in [0.15, 0.2) is 0 Å². The van der Waals surface area contributed by atoms with Crippen LogP contribution < -0.4 is 0 Å². The number of rotatable bonds is 7. The number of carboxylic acids is 1. The summed E-state index contributed by atoms with van der Waals surface area (Å²) in [5.74, 6) is -0.938. The molecule has 0 spiro atoms. The molecule has 0 saturated carbocycles. The first-order valence-corrected chi connectivity index (χ1v) is 6.37. The van der Waals surface area contributed by atoms with E-state index < -0.39 is 5.97 Å². The van der Waals surface area contributed by atoms with E-state index in [9.17, 15) is 4.79 Å². The van der Waals surface area contributed by atoms with Gasteiger partial charge in [0, 0.05) is 0 Å². The topological polar surface area (TPSA) is 62.0 Å². The van der Waals surface area contributed by atoms with Gasteiger partial charge in [-0.15, -0.1) is 0 Å². The van der Waals surface area contributed by atoms with Crippen molar-refractivity contribution in [2.75, 3.05) is 0 Å². The Balaban J connectivity index is 3.69. The lowest BCUT2D eigenvalue weighted by molar-refractivity contribution is -0.141. The fourth-order valence-electron chi connectivity index (χ4n) is 1.34. The summed E-state index contributed by atoms with van der Waals surface area (Å²) in [6, 6.07) is 0.231. The minimum Gasteiger partial charge on any atom is -0.481 e.